The molecule has 3 aromatic carbocycles. The number of amides is 1. The van der Waals surface area contributed by atoms with Crippen LogP contribution in [0.3, 0.4) is 0 Å². The molecule has 0 spiro atoms. The number of aryl methyl sites for hydroxylation is 2. The van der Waals surface area contributed by atoms with Crippen LogP contribution in [0.2, 0.25) is 0 Å². The first-order valence-electron chi connectivity index (χ1n) is 10.3. The summed E-state index contributed by atoms with van der Waals surface area (Å²) in [5, 5.41) is 4.01. The maximum Gasteiger partial charge on any atom is 0.277 e. The van der Waals surface area contributed by atoms with Gasteiger partial charge in [0.05, 0.1) is 13.3 Å². The van der Waals surface area contributed by atoms with Crippen molar-refractivity contribution in [3.63, 3.8) is 0 Å². The van der Waals surface area contributed by atoms with Gasteiger partial charge in [-0.25, -0.2) is 5.43 Å². The Balaban J connectivity index is 1.54. The van der Waals surface area contributed by atoms with E-state index in [2.05, 4.69) is 10.5 Å². The lowest BCUT2D eigenvalue weighted by atomic mass is 10.1. The Morgan fingerprint density at radius 2 is 1.69 bits per heavy atom. The molecule has 0 saturated carbocycles. The first kappa shape index (κ1) is 22.9. The van der Waals surface area contributed by atoms with E-state index in [0.29, 0.717) is 18.1 Å². The fraction of sp³-hybridized carbons (Fsp3) is 0.231. The zero-order chi connectivity index (χ0) is 22.9. The van der Waals surface area contributed by atoms with Crippen LogP contribution in [0.1, 0.15) is 27.8 Å². The highest BCUT2D eigenvalue weighted by molar-refractivity contribution is 5.83. The molecule has 0 aliphatic rings. The normalized spacial score (nSPS) is 10.8. The minimum Gasteiger partial charge on any atom is -0.493 e. The van der Waals surface area contributed by atoms with Gasteiger partial charge in [-0.05, 0) is 66.8 Å². The van der Waals surface area contributed by atoms with Crippen LogP contribution in [-0.2, 0) is 11.4 Å². The van der Waals surface area contributed by atoms with Crippen LogP contribution in [0.25, 0.3) is 0 Å². The van der Waals surface area contributed by atoms with E-state index in [9.17, 15) is 4.79 Å². The van der Waals surface area contributed by atoms with Gasteiger partial charge in [-0.1, -0.05) is 42.5 Å². The zero-order valence-electron chi connectivity index (χ0n) is 18.8. The first-order valence-corrected chi connectivity index (χ1v) is 10.3. The third-order valence-corrected chi connectivity index (χ3v) is 5.05. The topological polar surface area (TPSA) is 69.2 Å². The number of benzene rings is 3. The molecule has 0 aromatic heterocycles. The number of ether oxygens (including phenoxy) is 3. The molecular weight excluding hydrogens is 404 g/mol. The first-order chi connectivity index (χ1) is 15.5. The van der Waals surface area contributed by atoms with E-state index in [-0.39, 0.29) is 12.5 Å². The van der Waals surface area contributed by atoms with Gasteiger partial charge < -0.3 is 14.2 Å². The van der Waals surface area contributed by atoms with Crippen molar-refractivity contribution in [1.82, 2.24) is 5.43 Å². The molecule has 0 radical (unpaired) electrons. The Labute approximate surface area is 188 Å². The SMILES string of the molecule is COc1cc(/C=N/NC(=O)COc2c(C)ccc(C)c2C)ccc1OCc1ccccc1. The minimum atomic E-state index is -0.337. The van der Waals surface area contributed by atoms with E-state index < -0.39 is 0 Å². The molecule has 1 N–H and O–H groups in total. The highest BCUT2D eigenvalue weighted by atomic mass is 16.5. The molecule has 0 atom stereocenters. The van der Waals surface area contributed by atoms with Crippen molar-refractivity contribution in [1.29, 1.82) is 0 Å². The molecule has 32 heavy (non-hydrogen) atoms. The van der Waals surface area contributed by atoms with E-state index in [4.69, 9.17) is 14.2 Å². The molecule has 166 valence electrons. The Morgan fingerprint density at radius 3 is 2.44 bits per heavy atom. The van der Waals surface area contributed by atoms with Crippen molar-refractivity contribution in [3.8, 4) is 17.2 Å². The summed E-state index contributed by atoms with van der Waals surface area (Å²) < 4.78 is 17.0. The van der Waals surface area contributed by atoms with Gasteiger partial charge in [0.25, 0.3) is 5.91 Å². The summed E-state index contributed by atoms with van der Waals surface area (Å²) in [7, 11) is 1.58. The van der Waals surface area contributed by atoms with Gasteiger partial charge >= 0.3 is 0 Å². The molecule has 1 amide bonds. The van der Waals surface area contributed by atoms with E-state index >= 15 is 0 Å². The van der Waals surface area contributed by atoms with Crippen molar-refractivity contribution < 1.29 is 19.0 Å². The van der Waals surface area contributed by atoms with Gasteiger partial charge in [-0.15, -0.1) is 0 Å². The molecule has 0 fully saturated rings. The van der Waals surface area contributed by atoms with Crippen molar-refractivity contribution in [3.05, 3.63) is 88.5 Å². The second-order valence-electron chi connectivity index (χ2n) is 7.42. The monoisotopic (exact) mass is 432 g/mol. The molecule has 6 heteroatoms. The smallest absolute Gasteiger partial charge is 0.277 e. The summed E-state index contributed by atoms with van der Waals surface area (Å²) in [6.07, 6.45) is 1.55. The van der Waals surface area contributed by atoms with Crippen LogP contribution in [0.4, 0.5) is 0 Å². The Bertz CT molecular complexity index is 1090. The van der Waals surface area contributed by atoms with E-state index in [1.165, 1.54) is 0 Å². The van der Waals surface area contributed by atoms with Crippen molar-refractivity contribution in [2.24, 2.45) is 5.10 Å². The van der Waals surface area contributed by atoms with E-state index in [1.54, 1.807) is 19.4 Å². The largest absolute Gasteiger partial charge is 0.493 e. The fourth-order valence-corrected chi connectivity index (χ4v) is 3.12. The lowest BCUT2D eigenvalue weighted by Crippen LogP contribution is -2.25. The standard InChI is InChI=1S/C26H28N2O4/c1-18-10-11-19(2)26(20(18)3)32-17-25(29)28-27-15-22-12-13-23(24(14-22)30-4)31-16-21-8-6-5-7-9-21/h5-15H,16-17H2,1-4H3,(H,28,29)/b27-15+. The van der Waals surface area contributed by atoms with Crippen molar-refractivity contribution in [2.75, 3.05) is 13.7 Å². The van der Waals surface area contributed by atoms with Crippen LogP contribution in [0.15, 0.2) is 65.8 Å². The molecule has 0 heterocycles. The molecule has 0 aliphatic carbocycles. The van der Waals surface area contributed by atoms with Gasteiger partial charge in [0.1, 0.15) is 12.4 Å². The minimum absolute atomic E-state index is 0.113. The zero-order valence-corrected chi connectivity index (χ0v) is 18.8. The summed E-state index contributed by atoms with van der Waals surface area (Å²) >= 11 is 0. The van der Waals surface area contributed by atoms with Crippen LogP contribution in [0, 0.1) is 20.8 Å². The lowest BCUT2D eigenvalue weighted by molar-refractivity contribution is -0.123. The summed E-state index contributed by atoms with van der Waals surface area (Å²) in [6, 6.07) is 19.4. The molecule has 6 nitrogen and oxygen atoms in total. The number of hydrogen-bond donors (Lipinski definition) is 1. The van der Waals surface area contributed by atoms with Crippen molar-refractivity contribution >= 4 is 12.1 Å². The Hall–Kier alpha value is -3.80. The maximum atomic E-state index is 12.1. The Kier molecular flexibility index (Phi) is 7.86. The Morgan fingerprint density at radius 1 is 0.938 bits per heavy atom. The van der Waals surface area contributed by atoms with E-state index in [1.807, 2.05) is 75.4 Å². The van der Waals surface area contributed by atoms with Gasteiger partial charge in [0.15, 0.2) is 18.1 Å². The van der Waals surface area contributed by atoms with Crippen LogP contribution < -0.4 is 19.6 Å². The summed E-state index contributed by atoms with van der Waals surface area (Å²) in [5.74, 6) is 1.62. The number of nitrogens with zero attached hydrogens (tertiary/aromatic N) is 1. The molecule has 0 bridgehead atoms. The quantitative estimate of drug-likeness (QED) is 0.392. The number of methoxy groups -OCH3 is 1. The average Bonchev–Trinajstić information content (AvgIpc) is 2.81. The number of carbonyl (C=O) groups excluding carboxylic acids is 1. The molecule has 0 saturated heterocycles. The van der Waals surface area contributed by atoms with Gasteiger partial charge in [-0.3, -0.25) is 4.79 Å². The number of hydrazone groups is 1. The number of hydrogen-bond acceptors (Lipinski definition) is 5. The molecule has 0 unspecified atom stereocenters. The fourth-order valence-electron chi connectivity index (χ4n) is 3.12. The molecular formula is C26H28N2O4. The third-order valence-electron chi connectivity index (χ3n) is 5.05. The van der Waals surface area contributed by atoms with Crippen LogP contribution in [0.5, 0.6) is 17.2 Å². The predicted molar refractivity (Wildman–Crippen MR) is 126 cm³/mol. The highest BCUT2D eigenvalue weighted by Gasteiger charge is 2.09. The van der Waals surface area contributed by atoms with Gasteiger partial charge in [-0.2, -0.15) is 5.10 Å². The number of rotatable bonds is 9. The molecule has 3 rings (SSSR count). The number of nitrogens with one attached hydrogen (secondary N) is 1. The summed E-state index contributed by atoms with van der Waals surface area (Å²) in [6.45, 7) is 6.28. The lowest BCUT2D eigenvalue weighted by Gasteiger charge is -2.13. The van der Waals surface area contributed by atoms with Crippen molar-refractivity contribution in [2.45, 2.75) is 27.4 Å². The second-order valence-corrected chi connectivity index (χ2v) is 7.42. The van der Waals surface area contributed by atoms with E-state index in [0.717, 1.165) is 33.6 Å². The predicted octanol–water partition coefficient (Wildman–Crippen LogP) is 4.73. The summed E-state index contributed by atoms with van der Waals surface area (Å²) in [5.41, 5.74) is 7.46. The third kappa shape index (κ3) is 6.11. The molecule has 0 aliphatic heterocycles. The van der Waals surface area contributed by atoms with Crippen LogP contribution in [-0.4, -0.2) is 25.8 Å². The second kappa shape index (κ2) is 11.0. The maximum absolute atomic E-state index is 12.1. The van der Waals surface area contributed by atoms with Crippen LogP contribution >= 0.6 is 0 Å². The number of carbonyl (C=O) groups is 1. The highest BCUT2D eigenvalue weighted by Crippen LogP contribution is 2.28. The molecule has 3 aromatic rings. The van der Waals surface area contributed by atoms with Gasteiger partial charge in [0.2, 0.25) is 0 Å². The average molecular weight is 433 g/mol. The summed E-state index contributed by atoms with van der Waals surface area (Å²) in [4.78, 5) is 12.1. The van der Waals surface area contributed by atoms with Gasteiger partial charge in [0, 0.05) is 0 Å².